The Hall–Kier alpha value is -0.410. The maximum atomic E-state index is 5.94. The molecule has 0 fully saturated rings. The summed E-state index contributed by atoms with van der Waals surface area (Å²) in [6.45, 7) is 3.13. The molecule has 4 heteroatoms. The number of pyridine rings is 1. The van der Waals surface area contributed by atoms with Crippen LogP contribution in [0.1, 0.15) is 13.3 Å². The zero-order valence-electron chi connectivity index (χ0n) is 8.46. The molecule has 0 amide bonds. The molecule has 0 saturated carbocycles. The number of hydrogen-bond donors (Lipinski definition) is 1. The van der Waals surface area contributed by atoms with Gasteiger partial charge in [-0.2, -0.15) is 11.8 Å². The van der Waals surface area contributed by atoms with Crippen LogP contribution in [0.4, 0.5) is 5.82 Å². The van der Waals surface area contributed by atoms with Gasteiger partial charge in [-0.15, -0.1) is 0 Å². The quantitative estimate of drug-likeness (QED) is 0.841. The molecular formula is C10H15ClN2S. The number of thioether (sulfide) groups is 1. The molecule has 1 aromatic heterocycles. The fourth-order valence-corrected chi connectivity index (χ4v) is 1.57. The lowest BCUT2D eigenvalue weighted by Crippen LogP contribution is -2.08. The standard InChI is InChI=1S/C10H15ClN2S/c1-8(14-2)5-7-13-10-9(11)4-3-6-12-10/h3-4,6,8H,5,7H2,1-2H3,(H,12,13). The van der Waals surface area contributed by atoms with Gasteiger partial charge in [0.25, 0.3) is 0 Å². The van der Waals surface area contributed by atoms with E-state index >= 15 is 0 Å². The predicted molar refractivity (Wildman–Crippen MR) is 65.3 cm³/mol. The van der Waals surface area contributed by atoms with Crippen LogP contribution in [0.25, 0.3) is 0 Å². The van der Waals surface area contributed by atoms with Crippen LogP contribution in [-0.4, -0.2) is 23.0 Å². The van der Waals surface area contributed by atoms with Gasteiger partial charge in [0.05, 0.1) is 5.02 Å². The van der Waals surface area contributed by atoms with Crippen LogP contribution in [0.15, 0.2) is 18.3 Å². The van der Waals surface area contributed by atoms with Gasteiger partial charge in [-0.1, -0.05) is 18.5 Å². The van der Waals surface area contributed by atoms with E-state index < -0.39 is 0 Å². The van der Waals surface area contributed by atoms with Crippen LogP contribution in [-0.2, 0) is 0 Å². The van der Waals surface area contributed by atoms with Gasteiger partial charge in [-0.05, 0) is 24.8 Å². The highest BCUT2D eigenvalue weighted by Gasteiger charge is 2.01. The Balaban J connectivity index is 2.35. The van der Waals surface area contributed by atoms with E-state index in [0.717, 1.165) is 18.8 Å². The minimum Gasteiger partial charge on any atom is -0.369 e. The van der Waals surface area contributed by atoms with Crippen molar-refractivity contribution < 1.29 is 0 Å². The van der Waals surface area contributed by atoms with Crippen molar-refractivity contribution in [2.45, 2.75) is 18.6 Å². The van der Waals surface area contributed by atoms with Crippen LogP contribution < -0.4 is 5.32 Å². The number of anilines is 1. The molecule has 0 spiro atoms. The molecule has 14 heavy (non-hydrogen) atoms. The number of rotatable bonds is 5. The average molecular weight is 231 g/mol. The van der Waals surface area contributed by atoms with Crippen LogP contribution in [0.5, 0.6) is 0 Å². The average Bonchev–Trinajstić information content (AvgIpc) is 2.20. The first-order valence-corrected chi connectivity index (χ1v) is 6.28. The third kappa shape index (κ3) is 3.76. The molecule has 0 aliphatic heterocycles. The third-order valence-electron chi connectivity index (χ3n) is 2.00. The summed E-state index contributed by atoms with van der Waals surface area (Å²) in [6.07, 6.45) is 4.98. The van der Waals surface area contributed by atoms with Gasteiger partial charge in [-0.3, -0.25) is 0 Å². The molecule has 1 N–H and O–H groups in total. The van der Waals surface area contributed by atoms with Crippen LogP contribution in [0, 0.1) is 0 Å². The molecule has 1 aromatic rings. The number of nitrogens with zero attached hydrogens (tertiary/aromatic N) is 1. The molecule has 0 aromatic carbocycles. The lowest BCUT2D eigenvalue weighted by molar-refractivity contribution is 0.850. The fourth-order valence-electron chi connectivity index (χ4n) is 1.03. The Kier molecular flexibility index (Phi) is 5.12. The van der Waals surface area contributed by atoms with Gasteiger partial charge in [0.1, 0.15) is 5.82 Å². The second-order valence-electron chi connectivity index (χ2n) is 3.10. The minimum absolute atomic E-state index is 0.671. The summed E-state index contributed by atoms with van der Waals surface area (Å²) < 4.78 is 0. The summed E-state index contributed by atoms with van der Waals surface area (Å²) in [5.74, 6) is 0.780. The van der Waals surface area contributed by atoms with Gasteiger partial charge in [0.15, 0.2) is 0 Å². The van der Waals surface area contributed by atoms with Crippen molar-refractivity contribution in [1.29, 1.82) is 0 Å². The van der Waals surface area contributed by atoms with E-state index in [9.17, 15) is 0 Å². The molecule has 0 aliphatic carbocycles. The van der Waals surface area contributed by atoms with E-state index in [0.29, 0.717) is 10.3 Å². The highest BCUT2D eigenvalue weighted by Crippen LogP contribution is 2.17. The normalized spacial score (nSPS) is 12.5. The summed E-state index contributed by atoms with van der Waals surface area (Å²) in [5.41, 5.74) is 0. The summed E-state index contributed by atoms with van der Waals surface area (Å²) in [6, 6.07) is 3.67. The molecule has 0 bridgehead atoms. The van der Waals surface area contributed by atoms with Crippen molar-refractivity contribution in [2.75, 3.05) is 18.1 Å². The lowest BCUT2D eigenvalue weighted by atomic mass is 10.3. The first-order valence-electron chi connectivity index (χ1n) is 4.61. The smallest absolute Gasteiger partial charge is 0.144 e. The van der Waals surface area contributed by atoms with Gasteiger partial charge in [0.2, 0.25) is 0 Å². The van der Waals surface area contributed by atoms with E-state index in [1.165, 1.54) is 0 Å². The molecule has 1 atom stereocenters. The van der Waals surface area contributed by atoms with E-state index in [-0.39, 0.29) is 0 Å². The van der Waals surface area contributed by atoms with E-state index in [1.54, 1.807) is 6.20 Å². The van der Waals surface area contributed by atoms with Gasteiger partial charge in [0, 0.05) is 18.0 Å². The number of aromatic nitrogens is 1. The highest BCUT2D eigenvalue weighted by molar-refractivity contribution is 7.99. The summed E-state index contributed by atoms with van der Waals surface area (Å²) >= 11 is 7.81. The Morgan fingerprint density at radius 2 is 2.43 bits per heavy atom. The summed E-state index contributed by atoms with van der Waals surface area (Å²) in [7, 11) is 0. The van der Waals surface area contributed by atoms with Crippen LogP contribution >= 0.6 is 23.4 Å². The van der Waals surface area contributed by atoms with E-state index in [4.69, 9.17) is 11.6 Å². The number of halogens is 1. The highest BCUT2D eigenvalue weighted by atomic mass is 35.5. The van der Waals surface area contributed by atoms with Crippen molar-refractivity contribution in [3.05, 3.63) is 23.4 Å². The monoisotopic (exact) mass is 230 g/mol. The Labute approximate surface area is 94.5 Å². The maximum absolute atomic E-state index is 5.94. The zero-order chi connectivity index (χ0) is 10.4. The van der Waals surface area contributed by atoms with Gasteiger partial charge < -0.3 is 5.32 Å². The van der Waals surface area contributed by atoms with Crippen molar-refractivity contribution in [3.8, 4) is 0 Å². The zero-order valence-corrected chi connectivity index (χ0v) is 10.0. The van der Waals surface area contributed by atoms with Crippen LogP contribution in [0.3, 0.4) is 0 Å². The lowest BCUT2D eigenvalue weighted by Gasteiger charge is -2.10. The van der Waals surface area contributed by atoms with Crippen molar-refractivity contribution in [1.82, 2.24) is 4.98 Å². The Morgan fingerprint density at radius 1 is 1.64 bits per heavy atom. The molecule has 0 aliphatic rings. The molecule has 0 saturated heterocycles. The van der Waals surface area contributed by atoms with Crippen molar-refractivity contribution in [2.24, 2.45) is 0 Å². The first-order chi connectivity index (χ1) is 6.74. The molecule has 0 radical (unpaired) electrons. The van der Waals surface area contributed by atoms with E-state index in [1.807, 2.05) is 23.9 Å². The topological polar surface area (TPSA) is 24.9 Å². The minimum atomic E-state index is 0.671. The molecular weight excluding hydrogens is 216 g/mol. The Morgan fingerprint density at radius 3 is 3.07 bits per heavy atom. The maximum Gasteiger partial charge on any atom is 0.144 e. The molecule has 2 nitrogen and oxygen atoms in total. The number of nitrogens with one attached hydrogen (secondary N) is 1. The SMILES string of the molecule is CSC(C)CCNc1ncccc1Cl. The second-order valence-corrected chi connectivity index (χ2v) is 4.78. The van der Waals surface area contributed by atoms with E-state index in [2.05, 4.69) is 23.5 Å². The molecule has 1 heterocycles. The van der Waals surface area contributed by atoms with Gasteiger partial charge in [-0.25, -0.2) is 4.98 Å². The number of hydrogen-bond acceptors (Lipinski definition) is 3. The first kappa shape index (κ1) is 11.7. The Bertz CT molecular complexity index is 281. The largest absolute Gasteiger partial charge is 0.369 e. The van der Waals surface area contributed by atoms with Crippen molar-refractivity contribution >= 4 is 29.2 Å². The molecule has 1 unspecified atom stereocenters. The molecule has 78 valence electrons. The van der Waals surface area contributed by atoms with Gasteiger partial charge >= 0.3 is 0 Å². The predicted octanol–water partition coefficient (Wildman–Crippen LogP) is 3.29. The van der Waals surface area contributed by atoms with Crippen LogP contribution in [0.2, 0.25) is 5.02 Å². The second kappa shape index (κ2) is 6.14. The summed E-state index contributed by atoms with van der Waals surface area (Å²) in [5, 5.41) is 4.58. The fraction of sp³-hybridized carbons (Fsp3) is 0.500. The third-order valence-corrected chi connectivity index (χ3v) is 3.35. The molecule has 1 rings (SSSR count). The van der Waals surface area contributed by atoms with Crippen molar-refractivity contribution in [3.63, 3.8) is 0 Å². The summed E-state index contributed by atoms with van der Waals surface area (Å²) in [4.78, 5) is 4.15.